The molecule has 2 aromatic carbocycles. The van der Waals surface area contributed by atoms with Gasteiger partial charge in [0.2, 0.25) is 5.91 Å². The highest BCUT2D eigenvalue weighted by Crippen LogP contribution is 2.39. The van der Waals surface area contributed by atoms with Gasteiger partial charge in [-0.2, -0.15) is 0 Å². The van der Waals surface area contributed by atoms with Crippen molar-refractivity contribution in [3.05, 3.63) is 60.4 Å². The van der Waals surface area contributed by atoms with Crippen LogP contribution in [0.25, 0.3) is 11.0 Å². The van der Waals surface area contributed by atoms with E-state index in [2.05, 4.69) is 10.3 Å². The Bertz CT molecular complexity index is 976. The molecule has 1 saturated carbocycles. The maximum Gasteiger partial charge on any atom is 0.240 e. The third-order valence-corrected chi connectivity index (χ3v) is 5.47. The van der Waals surface area contributed by atoms with Crippen molar-refractivity contribution < 1.29 is 9.53 Å². The summed E-state index contributed by atoms with van der Waals surface area (Å²) in [6, 6.07) is 17.4. The lowest BCUT2D eigenvalue weighted by molar-refractivity contribution is -0.123. The summed E-state index contributed by atoms with van der Waals surface area (Å²) in [6.07, 6.45) is 2.25. The number of nitrogens with zero attached hydrogens (tertiary/aromatic N) is 2. The summed E-state index contributed by atoms with van der Waals surface area (Å²) in [5, 5.41) is 3.16. The van der Waals surface area contributed by atoms with Gasteiger partial charge in [0.05, 0.1) is 16.6 Å². The average molecular weight is 451 g/mol. The van der Waals surface area contributed by atoms with Gasteiger partial charge >= 0.3 is 0 Å². The van der Waals surface area contributed by atoms with Crippen molar-refractivity contribution in [2.45, 2.75) is 38.5 Å². The fraction of sp³-hybridized carbons (Fsp3) is 0.364. The van der Waals surface area contributed by atoms with E-state index >= 15 is 0 Å². The van der Waals surface area contributed by atoms with Crippen LogP contribution < -0.4 is 15.8 Å². The van der Waals surface area contributed by atoms with Crippen LogP contribution in [0.4, 0.5) is 0 Å². The molecule has 1 aliphatic carbocycles. The van der Waals surface area contributed by atoms with Gasteiger partial charge in [-0.3, -0.25) is 4.79 Å². The third kappa shape index (κ3) is 5.25. The molecule has 4 rings (SSSR count). The molecule has 3 aromatic rings. The number of benzene rings is 2. The lowest BCUT2D eigenvalue weighted by Gasteiger charge is -2.29. The number of hydrogen-bond acceptors (Lipinski definition) is 4. The molecule has 1 heterocycles. The fourth-order valence-electron chi connectivity index (χ4n) is 3.62. The van der Waals surface area contributed by atoms with Crippen molar-refractivity contribution in [1.29, 1.82) is 0 Å². The Balaban J connectivity index is 0.00000160. The molecule has 30 heavy (non-hydrogen) atoms. The van der Waals surface area contributed by atoms with E-state index in [4.69, 9.17) is 10.5 Å². The maximum absolute atomic E-state index is 12.8. The van der Waals surface area contributed by atoms with Crippen molar-refractivity contribution in [3.63, 3.8) is 0 Å². The zero-order valence-corrected chi connectivity index (χ0v) is 18.5. The standard InChI is InChI=1S/C22H26N4O2.2ClH/c1-22(15-23,16-11-12-16)25-21(27)13-26-19-10-6-5-9-18(19)24-20(26)14-28-17-7-3-2-4-8-17;;/h2-10,16H,11-15,23H2,1H3,(H,25,27);2*1H. The summed E-state index contributed by atoms with van der Waals surface area (Å²) in [5.74, 6) is 1.92. The Morgan fingerprint density at radius 2 is 1.83 bits per heavy atom. The summed E-state index contributed by atoms with van der Waals surface area (Å²) in [7, 11) is 0. The van der Waals surface area contributed by atoms with Crippen LogP contribution in [0, 0.1) is 5.92 Å². The molecule has 0 bridgehead atoms. The second-order valence-corrected chi connectivity index (χ2v) is 7.65. The van der Waals surface area contributed by atoms with Crippen LogP contribution in [-0.2, 0) is 17.9 Å². The minimum absolute atomic E-state index is 0. The SMILES string of the molecule is CC(CN)(NC(=O)Cn1c(COc2ccccc2)nc2ccccc21)C1CC1.Cl.Cl. The van der Waals surface area contributed by atoms with Crippen molar-refractivity contribution in [1.82, 2.24) is 14.9 Å². The fourth-order valence-corrected chi connectivity index (χ4v) is 3.62. The Kier molecular flexibility index (Phi) is 8.12. The predicted molar refractivity (Wildman–Crippen MR) is 123 cm³/mol. The first-order valence-corrected chi connectivity index (χ1v) is 9.72. The molecule has 1 aromatic heterocycles. The highest BCUT2D eigenvalue weighted by molar-refractivity contribution is 5.85. The van der Waals surface area contributed by atoms with E-state index in [0.29, 0.717) is 19.1 Å². The first-order valence-electron chi connectivity index (χ1n) is 9.72. The van der Waals surface area contributed by atoms with Crippen molar-refractivity contribution in [2.24, 2.45) is 11.7 Å². The van der Waals surface area contributed by atoms with Gasteiger partial charge < -0.3 is 20.4 Å². The summed E-state index contributed by atoms with van der Waals surface area (Å²) in [6.45, 7) is 2.96. The molecule has 1 atom stereocenters. The number of imidazole rings is 1. The number of para-hydroxylation sites is 3. The zero-order valence-electron chi connectivity index (χ0n) is 16.9. The molecular weight excluding hydrogens is 423 g/mol. The van der Waals surface area contributed by atoms with Crippen LogP contribution in [0.3, 0.4) is 0 Å². The molecule has 0 spiro atoms. The molecule has 3 N–H and O–H groups in total. The van der Waals surface area contributed by atoms with Crippen molar-refractivity contribution in [2.75, 3.05) is 6.54 Å². The Labute approximate surface area is 189 Å². The van der Waals surface area contributed by atoms with E-state index in [0.717, 1.165) is 35.4 Å². The largest absolute Gasteiger partial charge is 0.486 e. The van der Waals surface area contributed by atoms with E-state index in [9.17, 15) is 4.79 Å². The molecular formula is C22H28Cl2N4O2. The number of amides is 1. The quantitative estimate of drug-likeness (QED) is 0.547. The predicted octanol–water partition coefficient (Wildman–Crippen LogP) is 3.70. The topological polar surface area (TPSA) is 82.2 Å². The van der Waals surface area contributed by atoms with E-state index in [-0.39, 0.29) is 42.8 Å². The number of fused-ring (bicyclic) bond motifs is 1. The Morgan fingerprint density at radius 3 is 2.50 bits per heavy atom. The van der Waals surface area contributed by atoms with Crippen molar-refractivity contribution in [3.8, 4) is 5.75 Å². The Morgan fingerprint density at radius 1 is 1.17 bits per heavy atom. The molecule has 0 aliphatic heterocycles. The number of hydrogen-bond donors (Lipinski definition) is 2. The first-order chi connectivity index (χ1) is 13.6. The second-order valence-electron chi connectivity index (χ2n) is 7.65. The highest BCUT2D eigenvalue weighted by atomic mass is 35.5. The number of halogens is 2. The number of nitrogens with two attached hydrogens (primary N) is 1. The normalized spacial score (nSPS) is 14.9. The second kappa shape index (κ2) is 10.2. The van der Waals surface area contributed by atoms with Crippen LogP contribution in [0.2, 0.25) is 0 Å². The zero-order chi connectivity index (χ0) is 19.6. The summed E-state index contributed by atoms with van der Waals surface area (Å²) < 4.78 is 7.81. The van der Waals surface area contributed by atoms with E-state index < -0.39 is 0 Å². The molecule has 8 heteroatoms. The highest BCUT2D eigenvalue weighted by Gasteiger charge is 2.41. The smallest absolute Gasteiger partial charge is 0.240 e. The molecule has 162 valence electrons. The lowest BCUT2D eigenvalue weighted by Crippen LogP contribution is -2.54. The van der Waals surface area contributed by atoms with Crippen LogP contribution >= 0.6 is 24.8 Å². The van der Waals surface area contributed by atoms with Gasteiger partial charge in [0, 0.05) is 6.54 Å². The molecule has 0 saturated heterocycles. The minimum atomic E-state index is -0.339. The first kappa shape index (κ1) is 24.0. The van der Waals surface area contributed by atoms with Gasteiger partial charge in [-0.25, -0.2) is 4.98 Å². The van der Waals surface area contributed by atoms with Gasteiger partial charge in [-0.15, -0.1) is 24.8 Å². The van der Waals surface area contributed by atoms with E-state index in [1.807, 2.05) is 66.1 Å². The summed E-state index contributed by atoms with van der Waals surface area (Å²) >= 11 is 0. The van der Waals surface area contributed by atoms with E-state index in [1.54, 1.807) is 0 Å². The summed E-state index contributed by atoms with van der Waals surface area (Å²) in [5.41, 5.74) is 7.38. The summed E-state index contributed by atoms with van der Waals surface area (Å²) in [4.78, 5) is 17.5. The van der Waals surface area contributed by atoms with Crippen LogP contribution in [0.5, 0.6) is 5.75 Å². The molecule has 1 aliphatic rings. The van der Waals surface area contributed by atoms with Crippen LogP contribution in [-0.4, -0.2) is 27.5 Å². The van der Waals surface area contributed by atoms with Gasteiger partial charge in [-0.1, -0.05) is 30.3 Å². The van der Waals surface area contributed by atoms with Gasteiger partial charge in [0.25, 0.3) is 0 Å². The average Bonchev–Trinajstić information content (AvgIpc) is 3.52. The van der Waals surface area contributed by atoms with E-state index in [1.165, 1.54) is 0 Å². The Hall–Kier alpha value is -2.28. The number of aromatic nitrogens is 2. The maximum atomic E-state index is 12.8. The van der Waals surface area contributed by atoms with Crippen molar-refractivity contribution >= 4 is 41.8 Å². The number of rotatable bonds is 8. The lowest BCUT2D eigenvalue weighted by atomic mass is 9.96. The third-order valence-electron chi connectivity index (χ3n) is 5.47. The van der Waals surface area contributed by atoms with Gasteiger partial charge in [0.1, 0.15) is 24.7 Å². The molecule has 1 unspecified atom stereocenters. The molecule has 0 radical (unpaired) electrons. The number of carbonyl (C=O) groups is 1. The van der Waals surface area contributed by atoms with Crippen LogP contribution in [0.1, 0.15) is 25.6 Å². The molecule has 6 nitrogen and oxygen atoms in total. The minimum Gasteiger partial charge on any atom is -0.486 e. The monoisotopic (exact) mass is 450 g/mol. The molecule has 1 amide bonds. The number of carbonyl (C=O) groups excluding carboxylic acids is 1. The number of nitrogens with one attached hydrogen (secondary N) is 1. The number of ether oxygens (including phenoxy) is 1. The molecule has 1 fully saturated rings. The van der Waals surface area contributed by atoms with Gasteiger partial charge in [-0.05, 0) is 49.9 Å². The van der Waals surface area contributed by atoms with Gasteiger partial charge in [0.15, 0.2) is 0 Å². The van der Waals surface area contributed by atoms with Crippen LogP contribution in [0.15, 0.2) is 54.6 Å².